The van der Waals surface area contributed by atoms with Crippen LogP contribution in [-0.2, 0) is 14.8 Å². The summed E-state index contributed by atoms with van der Waals surface area (Å²) < 4.78 is 26.7. The molecule has 1 heterocycles. The molecule has 1 fully saturated rings. The van der Waals surface area contributed by atoms with Crippen LogP contribution >= 0.6 is 11.6 Å². The first-order chi connectivity index (χ1) is 14.6. The lowest BCUT2D eigenvalue weighted by Crippen LogP contribution is -2.56. The predicted molar refractivity (Wildman–Crippen MR) is 128 cm³/mol. The second kappa shape index (κ2) is 9.49. The molecule has 0 radical (unpaired) electrons. The van der Waals surface area contributed by atoms with Gasteiger partial charge in [-0.15, -0.1) is 0 Å². The number of halogens is 1. The molecule has 1 saturated heterocycles. The van der Waals surface area contributed by atoms with Gasteiger partial charge in [-0.1, -0.05) is 30.7 Å². The van der Waals surface area contributed by atoms with Gasteiger partial charge in [-0.2, -0.15) is 0 Å². The maximum Gasteiger partial charge on any atom is 0.246 e. The van der Waals surface area contributed by atoms with Crippen LogP contribution in [0.15, 0.2) is 42.5 Å². The molecule has 1 aliphatic rings. The van der Waals surface area contributed by atoms with Gasteiger partial charge in [0.05, 0.1) is 11.9 Å². The number of piperazine rings is 1. The highest BCUT2D eigenvalue weighted by molar-refractivity contribution is 7.92. The zero-order valence-electron chi connectivity index (χ0n) is 18.5. The number of benzene rings is 2. The fourth-order valence-corrected chi connectivity index (χ4v) is 5.36. The number of hydrogen-bond acceptors (Lipinski definition) is 4. The van der Waals surface area contributed by atoms with Gasteiger partial charge in [-0.05, 0) is 61.7 Å². The fraction of sp³-hybridized carbons (Fsp3) is 0.435. The normalized spacial score (nSPS) is 15.6. The van der Waals surface area contributed by atoms with E-state index in [2.05, 4.69) is 4.90 Å². The van der Waals surface area contributed by atoms with Crippen molar-refractivity contribution in [3.05, 3.63) is 58.6 Å². The Morgan fingerprint density at radius 1 is 1.06 bits per heavy atom. The van der Waals surface area contributed by atoms with Crippen molar-refractivity contribution in [1.82, 2.24) is 4.90 Å². The summed E-state index contributed by atoms with van der Waals surface area (Å²) in [6, 6.07) is 12.4. The van der Waals surface area contributed by atoms with Gasteiger partial charge in [-0.25, -0.2) is 8.42 Å². The third-order valence-electron chi connectivity index (χ3n) is 5.82. The Kier molecular flexibility index (Phi) is 7.17. The minimum Gasteiger partial charge on any atom is -0.368 e. The van der Waals surface area contributed by atoms with Crippen molar-refractivity contribution >= 4 is 38.9 Å². The van der Waals surface area contributed by atoms with Crippen molar-refractivity contribution in [2.75, 3.05) is 41.6 Å². The minimum atomic E-state index is -3.64. The standard InChI is InChI=1S/C23H30ClN3O3S/c1-5-22(27(31(4,29)30)21-10-9-17(2)18(3)15-21)23(28)26-13-11-25(12-14-26)20-8-6-7-19(24)16-20/h6-10,15-16,22H,5,11-14H2,1-4H3/t22-/m0/s1. The Labute approximate surface area is 190 Å². The van der Waals surface area contributed by atoms with Crippen LogP contribution in [0.3, 0.4) is 0 Å². The lowest BCUT2D eigenvalue weighted by Gasteiger charge is -2.39. The van der Waals surface area contributed by atoms with Crippen molar-refractivity contribution in [3.63, 3.8) is 0 Å². The molecular formula is C23H30ClN3O3S. The minimum absolute atomic E-state index is 0.156. The molecule has 2 aromatic rings. The Hall–Kier alpha value is -2.25. The third-order valence-corrected chi connectivity index (χ3v) is 7.24. The van der Waals surface area contributed by atoms with E-state index >= 15 is 0 Å². The van der Waals surface area contributed by atoms with Crippen LogP contribution in [0.5, 0.6) is 0 Å². The summed E-state index contributed by atoms with van der Waals surface area (Å²) in [5, 5.41) is 0.680. The maximum absolute atomic E-state index is 13.4. The van der Waals surface area contributed by atoms with Crippen LogP contribution < -0.4 is 9.21 Å². The van der Waals surface area contributed by atoms with Gasteiger partial charge in [0.1, 0.15) is 6.04 Å². The number of aryl methyl sites for hydroxylation is 2. The number of hydrogen-bond donors (Lipinski definition) is 0. The number of carbonyl (C=O) groups excluding carboxylic acids is 1. The predicted octanol–water partition coefficient (Wildman–Crippen LogP) is 3.85. The number of carbonyl (C=O) groups is 1. The number of sulfonamides is 1. The summed E-state index contributed by atoms with van der Waals surface area (Å²) in [5.74, 6) is -0.156. The average Bonchev–Trinajstić information content (AvgIpc) is 2.73. The quantitative estimate of drug-likeness (QED) is 0.652. The highest BCUT2D eigenvalue weighted by atomic mass is 35.5. The van der Waals surface area contributed by atoms with Crippen LogP contribution in [0.2, 0.25) is 5.02 Å². The molecule has 0 aliphatic carbocycles. The van der Waals surface area contributed by atoms with Crippen molar-refractivity contribution in [2.24, 2.45) is 0 Å². The van der Waals surface area contributed by atoms with Gasteiger partial charge in [0.15, 0.2) is 0 Å². The summed E-state index contributed by atoms with van der Waals surface area (Å²) in [6.07, 6.45) is 1.56. The van der Waals surface area contributed by atoms with Gasteiger partial charge in [0.25, 0.3) is 0 Å². The van der Waals surface area contributed by atoms with Gasteiger partial charge in [-0.3, -0.25) is 9.10 Å². The van der Waals surface area contributed by atoms with E-state index in [1.54, 1.807) is 11.0 Å². The van der Waals surface area contributed by atoms with E-state index < -0.39 is 16.1 Å². The lowest BCUT2D eigenvalue weighted by atomic mass is 10.1. The Bertz CT molecular complexity index is 1050. The van der Waals surface area contributed by atoms with E-state index in [-0.39, 0.29) is 5.91 Å². The molecule has 168 valence electrons. The highest BCUT2D eigenvalue weighted by Crippen LogP contribution is 2.27. The van der Waals surface area contributed by atoms with E-state index in [1.807, 2.05) is 57.2 Å². The van der Waals surface area contributed by atoms with Gasteiger partial charge >= 0.3 is 0 Å². The number of rotatable bonds is 6. The van der Waals surface area contributed by atoms with Gasteiger partial charge in [0.2, 0.25) is 15.9 Å². The Balaban J connectivity index is 1.80. The summed E-state index contributed by atoms with van der Waals surface area (Å²) >= 11 is 6.11. The van der Waals surface area contributed by atoms with E-state index in [0.29, 0.717) is 43.3 Å². The molecule has 0 saturated carbocycles. The monoisotopic (exact) mass is 463 g/mol. The molecule has 0 unspecified atom stereocenters. The molecule has 3 rings (SSSR count). The molecule has 0 spiro atoms. The summed E-state index contributed by atoms with van der Waals surface area (Å²) in [6.45, 7) is 8.18. The van der Waals surface area contributed by atoms with Crippen molar-refractivity contribution in [3.8, 4) is 0 Å². The number of anilines is 2. The average molecular weight is 464 g/mol. The first-order valence-corrected chi connectivity index (χ1v) is 12.7. The van der Waals surface area contributed by atoms with E-state index in [1.165, 1.54) is 4.31 Å². The summed E-state index contributed by atoms with van der Waals surface area (Å²) in [5.41, 5.74) is 3.63. The summed E-state index contributed by atoms with van der Waals surface area (Å²) in [7, 11) is -3.64. The van der Waals surface area contributed by atoms with Crippen LogP contribution in [-0.4, -0.2) is 57.7 Å². The molecule has 1 aliphatic heterocycles. The lowest BCUT2D eigenvalue weighted by molar-refractivity contribution is -0.132. The van der Waals surface area contributed by atoms with Crippen LogP contribution in [0.4, 0.5) is 11.4 Å². The van der Waals surface area contributed by atoms with Crippen molar-refractivity contribution < 1.29 is 13.2 Å². The second-order valence-corrected chi connectivity index (χ2v) is 10.3. The van der Waals surface area contributed by atoms with Gasteiger partial charge in [0, 0.05) is 36.9 Å². The molecule has 8 heteroatoms. The van der Waals surface area contributed by atoms with E-state index in [9.17, 15) is 13.2 Å². The Morgan fingerprint density at radius 3 is 2.29 bits per heavy atom. The Morgan fingerprint density at radius 2 is 1.74 bits per heavy atom. The SMILES string of the molecule is CC[C@@H](C(=O)N1CCN(c2cccc(Cl)c2)CC1)N(c1ccc(C)c(C)c1)S(C)(=O)=O. The smallest absolute Gasteiger partial charge is 0.246 e. The molecule has 1 amide bonds. The molecule has 6 nitrogen and oxygen atoms in total. The van der Waals surface area contributed by atoms with Crippen LogP contribution in [0, 0.1) is 13.8 Å². The number of nitrogens with zero attached hydrogens (tertiary/aromatic N) is 3. The van der Waals surface area contributed by atoms with Gasteiger partial charge < -0.3 is 9.80 Å². The topological polar surface area (TPSA) is 60.9 Å². The molecule has 0 aromatic heterocycles. The zero-order chi connectivity index (χ0) is 22.8. The molecule has 1 atom stereocenters. The number of amides is 1. The fourth-order valence-electron chi connectivity index (χ4n) is 3.97. The maximum atomic E-state index is 13.4. The zero-order valence-corrected chi connectivity index (χ0v) is 20.1. The van der Waals surface area contributed by atoms with Crippen LogP contribution in [0.1, 0.15) is 24.5 Å². The van der Waals surface area contributed by atoms with Crippen LogP contribution in [0.25, 0.3) is 0 Å². The summed E-state index contributed by atoms with van der Waals surface area (Å²) in [4.78, 5) is 17.4. The van der Waals surface area contributed by atoms with Crippen molar-refractivity contribution in [2.45, 2.75) is 33.2 Å². The van der Waals surface area contributed by atoms with E-state index in [0.717, 1.165) is 23.1 Å². The molecule has 0 N–H and O–H groups in total. The third kappa shape index (κ3) is 5.33. The molecule has 0 bridgehead atoms. The molecule has 2 aromatic carbocycles. The highest BCUT2D eigenvalue weighted by Gasteiger charge is 2.35. The largest absolute Gasteiger partial charge is 0.368 e. The second-order valence-electron chi connectivity index (χ2n) is 8.04. The first kappa shape index (κ1) is 23.4. The molecule has 31 heavy (non-hydrogen) atoms. The van der Waals surface area contributed by atoms with E-state index in [4.69, 9.17) is 11.6 Å². The van der Waals surface area contributed by atoms with Crippen molar-refractivity contribution in [1.29, 1.82) is 0 Å². The molecular weight excluding hydrogens is 434 g/mol. The first-order valence-electron chi connectivity index (χ1n) is 10.5.